The Morgan fingerprint density at radius 1 is 1.41 bits per heavy atom. The largest absolute Gasteiger partial charge is 0.383 e. The molecule has 1 fully saturated rings. The van der Waals surface area contributed by atoms with Crippen molar-refractivity contribution in [3.05, 3.63) is 0 Å². The number of rotatable bonds is 7. The molecule has 17 heavy (non-hydrogen) atoms. The van der Waals surface area contributed by atoms with Gasteiger partial charge < -0.3 is 10.1 Å². The number of methoxy groups -OCH3 is 1. The normalized spacial score (nSPS) is 20.4. The lowest BCUT2D eigenvalue weighted by Gasteiger charge is -2.27. The lowest BCUT2D eigenvalue weighted by molar-refractivity contribution is 0.200. The molecule has 1 atom stereocenters. The molecule has 0 saturated carbocycles. The second-order valence-corrected chi connectivity index (χ2v) is 6.48. The van der Waals surface area contributed by atoms with Crippen LogP contribution in [0.1, 0.15) is 6.92 Å². The minimum absolute atomic E-state index is 0.225. The van der Waals surface area contributed by atoms with E-state index in [-0.39, 0.29) is 6.61 Å². The Kier molecular flexibility index (Phi) is 6.35. The summed E-state index contributed by atoms with van der Waals surface area (Å²) in [6.45, 7) is 7.03. The molecule has 1 aliphatic rings. The molecule has 7 heteroatoms. The van der Waals surface area contributed by atoms with E-state index in [9.17, 15) is 8.42 Å². The molecule has 1 heterocycles. The third kappa shape index (κ3) is 5.31. The zero-order valence-corrected chi connectivity index (χ0v) is 11.4. The van der Waals surface area contributed by atoms with Crippen LogP contribution >= 0.6 is 0 Å². The molecule has 0 aliphatic carbocycles. The van der Waals surface area contributed by atoms with E-state index in [4.69, 9.17) is 4.74 Å². The molecule has 0 spiro atoms. The molecule has 2 N–H and O–H groups in total. The van der Waals surface area contributed by atoms with Crippen molar-refractivity contribution >= 4 is 10.0 Å². The van der Waals surface area contributed by atoms with Gasteiger partial charge in [0.1, 0.15) is 0 Å². The summed E-state index contributed by atoms with van der Waals surface area (Å²) in [5.41, 5.74) is 0. The highest BCUT2D eigenvalue weighted by Crippen LogP contribution is 1.98. The fraction of sp³-hybridized carbons (Fsp3) is 1.00. The molecule has 0 radical (unpaired) electrons. The molecule has 102 valence electrons. The van der Waals surface area contributed by atoms with E-state index in [1.807, 2.05) is 0 Å². The first kappa shape index (κ1) is 14.8. The number of piperazine rings is 1. The summed E-state index contributed by atoms with van der Waals surface area (Å²) < 4.78 is 30.9. The quantitative estimate of drug-likeness (QED) is 0.608. The Morgan fingerprint density at radius 2 is 2.06 bits per heavy atom. The molecule has 1 saturated heterocycles. The van der Waals surface area contributed by atoms with Gasteiger partial charge in [0.25, 0.3) is 0 Å². The predicted molar refractivity (Wildman–Crippen MR) is 67.6 cm³/mol. The van der Waals surface area contributed by atoms with Crippen LogP contribution in [0.5, 0.6) is 0 Å². The average molecular weight is 265 g/mol. The van der Waals surface area contributed by atoms with Gasteiger partial charge in [-0.1, -0.05) is 0 Å². The Bertz CT molecular complexity index is 302. The van der Waals surface area contributed by atoms with Crippen LogP contribution in [0.25, 0.3) is 0 Å². The van der Waals surface area contributed by atoms with Crippen LogP contribution in [0, 0.1) is 0 Å². The lowest BCUT2D eigenvalue weighted by atomic mass is 10.3. The number of sulfonamides is 1. The molecule has 0 aromatic heterocycles. The molecule has 6 nitrogen and oxygen atoms in total. The van der Waals surface area contributed by atoms with E-state index in [1.54, 1.807) is 6.92 Å². The lowest BCUT2D eigenvalue weighted by Crippen LogP contribution is -2.47. The van der Waals surface area contributed by atoms with Crippen LogP contribution in [0.3, 0.4) is 0 Å². The average Bonchev–Trinajstić information content (AvgIpc) is 2.30. The highest BCUT2D eigenvalue weighted by molar-refractivity contribution is 7.90. The maximum absolute atomic E-state index is 11.7. The monoisotopic (exact) mass is 265 g/mol. The zero-order chi connectivity index (χ0) is 12.7. The van der Waals surface area contributed by atoms with Gasteiger partial charge in [-0.05, 0) is 6.92 Å². The van der Waals surface area contributed by atoms with Crippen LogP contribution in [-0.2, 0) is 14.8 Å². The minimum atomic E-state index is -3.24. The highest BCUT2D eigenvalue weighted by Gasteiger charge is 2.20. The smallest absolute Gasteiger partial charge is 0.216 e. The second-order valence-electron chi connectivity index (χ2n) is 4.30. The first-order chi connectivity index (χ1) is 8.06. The molecular formula is C10H23N3O3S. The third-order valence-electron chi connectivity index (χ3n) is 2.87. The zero-order valence-electron chi connectivity index (χ0n) is 10.6. The van der Waals surface area contributed by atoms with Crippen molar-refractivity contribution in [2.24, 2.45) is 0 Å². The van der Waals surface area contributed by atoms with Gasteiger partial charge in [-0.15, -0.1) is 0 Å². The minimum Gasteiger partial charge on any atom is -0.383 e. The predicted octanol–water partition coefficient (Wildman–Crippen LogP) is -1.15. The van der Waals surface area contributed by atoms with Crippen molar-refractivity contribution in [1.29, 1.82) is 0 Å². The van der Waals surface area contributed by atoms with E-state index in [0.717, 1.165) is 32.7 Å². The molecule has 0 aromatic rings. The van der Waals surface area contributed by atoms with Crippen LogP contribution in [-0.4, -0.2) is 71.6 Å². The fourth-order valence-corrected chi connectivity index (χ4v) is 2.72. The Morgan fingerprint density at radius 3 is 2.65 bits per heavy atom. The maximum Gasteiger partial charge on any atom is 0.216 e. The van der Waals surface area contributed by atoms with Gasteiger partial charge in [0, 0.05) is 46.4 Å². The SMILES string of the molecule is COCC(C)S(=O)(=O)NCCN1CCNCC1. The fourth-order valence-electron chi connectivity index (χ4n) is 1.75. The van der Waals surface area contributed by atoms with Gasteiger partial charge in [0.05, 0.1) is 11.9 Å². The molecular weight excluding hydrogens is 242 g/mol. The second kappa shape index (κ2) is 7.27. The molecule has 0 amide bonds. The van der Waals surface area contributed by atoms with Crippen molar-refractivity contribution < 1.29 is 13.2 Å². The van der Waals surface area contributed by atoms with E-state index in [0.29, 0.717) is 6.54 Å². The summed E-state index contributed by atoms with van der Waals surface area (Å²) in [5, 5.41) is 2.76. The summed E-state index contributed by atoms with van der Waals surface area (Å²) in [4.78, 5) is 2.25. The van der Waals surface area contributed by atoms with Gasteiger partial charge in [-0.3, -0.25) is 4.90 Å². The number of hydrogen-bond donors (Lipinski definition) is 2. The van der Waals surface area contributed by atoms with Gasteiger partial charge in [0.15, 0.2) is 0 Å². The number of hydrogen-bond acceptors (Lipinski definition) is 5. The van der Waals surface area contributed by atoms with Crippen LogP contribution in [0.15, 0.2) is 0 Å². The molecule has 1 unspecified atom stereocenters. The van der Waals surface area contributed by atoms with Crippen molar-refractivity contribution in [1.82, 2.24) is 14.9 Å². The van der Waals surface area contributed by atoms with Crippen LogP contribution in [0.4, 0.5) is 0 Å². The number of ether oxygens (including phenoxy) is 1. The van der Waals surface area contributed by atoms with Gasteiger partial charge in [-0.25, -0.2) is 13.1 Å². The van der Waals surface area contributed by atoms with Crippen molar-refractivity contribution in [2.75, 3.05) is 53.0 Å². The highest BCUT2D eigenvalue weighted by atomic mass is 32.2. The van der Waals surface area contributed by atoms with Crippen molar-refractivity contribution in [2.45, 2.75) is 12.2 Å². The third-order valence-corrected chi connectivity index (χ3v) is 4.67. The van der Waals surface area contributed by atoms with E-state index in [2.05, 4.69) is 14.9 Å². The molecule has 1 rings (SSSR count). The van der Waals surface area contributed by atoms with Gasteiger partial charge in [-0.2, -0.15) is 0 Å². The van der Waals surface area contributed by atoms with Crippen LogP contribution < -0.4 is 10.0 Å². The summed E-state index contributed by atoms with van der Waals surface area (Å²) >= 11 is 0. The maximum atomic E-state index is 11.7. The summed E-state index contributed by atoms with van der Waals surface area (Å²) in [6, 6.07) is 0. The first-order valence-corrected chi connectivity index (χ1v) is 7.51. The molecule has 0 bridgehead atoms. The van der Waals surface area contributed by atoms with E-state index in [1.165, 1.54) is 7.11 Å². The van der Waals surface area contributed by atoms with Crippen molar-refractivity contribution in [3.63, 3.8) is 0 Å². The van der Waals surface area contributed by atoms with Gasteiger partial charge >= 0.3 is 0 Å². The first-order valence-electron chi connectivity index (χ1n) is 5.97. The number of nitrogens with zero attached hydrogens (tertiary/aromatic N) is 1. The standard InChI is InChI=1S/C10H23N3O3S/c1-10(9-16-2)17(14,15)12-5-8-13-6-3-11-4-7-13/h10-12H,3-9H2,1-2H3. The summed E-state index contributed by atoms with van der Waals surface area (Å²) in [6.07, 6.45) is 0. The topological polar surface area (TPSA) is 70.7 Å². The summed E-state index contributed by atoms with van der Waals surface area (Å²) in [7, 11) is -1.73. The number of nitrogens with one attached hydrogen (secondary N) is 2. The Labute approximate surface area is 104 Å². The Balaban J connectivity index is 2.24. The van der Waals surface area contributed by atoms with E-state index < -0.39 is 15.3 Å². The van der Waals surface area contributed by atoms with Crippen LogP contribution in [0.2, 0.25) is 0 Å². The molecule has 0 aromatic carbocycles. The van der Waals surface area contributed by atoms with Crippen molar-refractivity contribution in [3.8, 4) is 0 Å². The van der Waals surface area contributed by atoms with Gasteiger partial charge in [0.2, 0.25) is 10.0 Å². The molecule has 1 aliphatic heterocycles. The van der Waals surface area contributed by atoms with E-state index >= 15 is 0 Å². The Hall–Kier alpha value is -0.210. The summed E-state index contributed by atoms with van der Waals surface area (Å²) in [5.74, 6) is 0.